The zero-order valence-electron chi connectivity index (χ0n) is 8.27. The molecule has 0 unspecified atom stereocenters. The maximum atomic E-state index is 13.3. The van der Waals surface area contributed by atoms with Crippen molar-refractivity contribution in [3.05, 3.63) is 33.1 Å². The van der Waals surface area contributed by atoms with Crippen LogP contribution in [0.4, 0.5) is 8.78 Å². The minimum absolute atomic E-state index is 0.157. The van der Waals surface area contributed by atoms with Crippen LogP contribution in [0.2, 0.25) is 0 Å². The predicted molar refractivity (Wildman–Crippen MR) is 63.8 cm³/mol. The minimum atomic E-state index is -2.76. The Balaban J connectivity index is 2.81. The number of hydrogen-bond acceptors (Lipinski definition) is 1. The van der Waals surface area contributed by atoms with Gasteiger partial charge in [-0.1, -0.05) is 12.1 Å². The third-order valence-electron chi connectivity index (χ3n) is 2.31. The van der Waals surface area contributed by atoms with Crippen LogP contribution in [0.5, 0.6) is 0 Å². The lowest BCUT2D eigenvalue weighted by Crippen LogP contribution is -2.05. The Hall–Kier alpha value is -0.480. The van der Waals surface area contributed by atoms with Gasteiger partial charge in [0, 0.05) is 16.1 Å². The van der Waals surface area contributed by atoms with Crippen molar-refractivity contribution in [3.8, 4) is 0 Å². The Morgan fingerprint density at radius 3 is 2.53 bits per heavy atom. The van der Waals surface area contributed by atoms with Gasteiger partial charge in [-0.3, -0.25) is 0 Å². The molecule has 0 atom stereocenters. The topological polar surface area (TPSA) is 0 Å². The SMILES string of the molecule is Cc1c(C(C)(F)F)sc2c(Br)cccc12. The van der Waals surface area contributed by atoms with Gasteiger partial charge < -0.3 is 0 Å². The van der Waals surface area contributed by atoms with E-state index in [9.17, 15) is 8.78 Å². The Labute approximate surface area is 99.0 Å². The molecule has 15 heavy (non-hydrogen) atoms. The van der Waals surface area contributed by atoms with E-state index >= 15 is 0 Å². The Morgan fingerprint density at radius 1 is 1.33 bits per heavy atom. The molecule has 0 amide bonds. The zero-order chi connectivity index (χ0) is 11.2. The molecule has 0 aliphatic rings. The van der Waals surface area contributed by atoms with Gasteiger partial charge in [-0.15, -0.1) is 11.3 Å². The van der Waals surface area contributed by atoms with Crippen molar-refractivity contribution < 1.29 is 8.78 Å². The lowest BCUT2D eigenvalue weighted by Gasteiger charge is -2.08. The van der Waals surface area contributed by atoms with Crippen molar-refractivity contribution in [1.82, 2.24) is 0 Å². The van der Waals surface area contributed by atoms with Gasteiger partial charge in [-0.05, 0) is 39.9 Å². The highest BCUT2D eigenvalue weighted by molar-refractivity contribution is 9.10. The Kier molecular flexibility index (Phi) is 2.59. The fourth-order valence-corrected chi connectivity index (χ4v) is 3.38. The van der Waals surface area contributed by atoms with Gasteiger partial charge >= 0.3 is 0 Å². The monoisotopic (exact) mass is 290 g/mol. The number of benzene rings is 1. The summed E-state index contributed by atoms with van der Waals surface area (Å²) in [5, 5.41) is 0.908. The van der Waals surface area contributed by atoms with Crippen molar-refractivity contribution in [2.45, 2.75) is 19.8 Å². The lowest BCUT2D eigenvalue weighted by molar-refractivity contribution is 0.0210. The summed E-state index contributed by atoms with van der Waals surface area (Å²) in [6.45, 7) is 2.69. The van der Waals surface area contributed by atoms with E-state index in [4.69, 9.17) is 0 Å². The second-order valence-electron chi connectivity index (χ2n) is 3.56. The summed E-state index contributed by atoms with van der Waals surface area (Å²) in [6, 6.07) is 5.61. The van der Waals surface area contributed by atoms with E-state index in [1.165, 1.54) is 0 Å². The molecule has 2 rings (SSSR count). The molecule has 0 spiro atoms. The first-order valence-corrected chi connectivity index (χ1v) is 6.08. The third-order valence-corrected chi connectivity index (χ3v) is 4.75. The van der Waals surface area contributed by atoms with Crippen LogP contribution < -0.4 is 0 Å². The van der Waals surface area contributed by atoms with E-state index in [1.54, 1.807) is 6.92 Å². The molecule has 1 aromatic heterocycles. The first-order valence-electron chi connectivity index (χ1n) is 4.47. The number of hydrogen-bond donors (Lipinski definition) is 0. The van der Waals surface area contributed by atoms with Crippen molar-refractivity contribution in [2.24, 2.45) is 0 Å². The van der Waals surface area contributed by atoms with Crippen molar-refractivity contribution in [1.29, 1.82) is 0 Å². The molecule has 80 valence electrons. The molecule has 0 bridgehead atoms. The van der Waals surface area contributed by atoms with Gasteiger partial charge in [0.15, 0.2) is 0 Å². The second kappa shape index (κ2) is 3.52. The smallest absolute Gasteiger partial charge is 0.201 e. The van der Waals surface area contributed by atoms with Gasteiger partial charge in [0.1, 0.15) is 0 Å². The molecular weight excluding hydrogens is 282 g/mol. The Bertz CT molecular complexity index is 511. The summed E-state index contributed by atoms with van der Waals surface area (Å²) < 4.78 is 28.3. The maximum absolute atomic E-state index is 13.3. The minimum Gasteiger partial charge on any atom is -0.201 e. The molecule has 0 saturated carbocycles. The average Bonchev–Trinajstić information content (AvgIpc) is 2.45. The van der Waals surface area contributed by atoms with E-state index in [2.05, 4.69) is 15.9 Å². The van der Waals surface area contributed by atoms with Crippen LogP contribution in [0.3, 0.4) is 0 Å². The quantitative estimate of drug-likeness (QED) is 0.687. The fraction of sp³-hybridized carbons (Fsp3) is 0.273. The molecule has 0 fully saturated rings. The van der Waals surface area contributed by atoms with Crippen LogP contribution in [-0.4, -0.2) is 0 Å². The van der Waals surface area contributed by atoms with Gasteiger partial charge in [-0.25, -0.2) is 8.78 Å². The largest absolute Gasteiger partial charge is 0.279 e. The number of halogens is 3. The van der Waals surface area contributed by atoms with Crippen LogP contribution in [0, 0.1) is 6.92 Å². The molecule has 0 radical (unpaired) electrons. The molecule has 2 aromatic rings. The van der Waals surface area contributed by atoms with Gasteiger partial charge in [-0.2, -0.15) is 0 Å². The first kappa shape index (κ1) is 11.0. The van der Waals surface area contributed by atoms with Crippen LogP contribution in [0.25, 0.3) is 10.1 Å². The third kappa shape index (κ3) is 1.81. The van der Waals surface area contributed by atoms with Crippen LogP contribution >= 0.6 is 27.3 Å². The maximum Gasteiger partial charge on any atom is 0.279 e. The molecule has 1 aromatic carbocycles. The van der Waals surface area contributed by atoms with E-state index in [0.717, 1.165) is 32.8 Å². The lowest BCUT2D eigenvalue weighted by atomic mass is 10.1. The standard InChI is InChI=1S/C11H9BrF2S/c1-6-7-4-3-5-8(12)9(7)15-10(6)11(2,13)14/h3-5H,1-2H3. The van der Waals surface area contributed by atoms with E-state index in [1.807, 2.05) is 18.2 Å². The van der Waals surface area contributed by atoms with Gasteiger partial charge in [0.25, 0.3) is 5.92 Å². The Morgan fingerprint density at radius 2 is 2.00 bits per heavy atom. The number of thiophene rings is 1. The molecule has 0 nitrogen and oxygen atoms in total. The first-order chi connectivity index (χ1) is 6.91. The average molecular weight is 291 g/mol. The second-order valence-corrected chi connectivity index (χ2v) is 5.44. The van der Waals surface area contributed by atoms with Crippen LogP contribution in [0.15, 0.2) is 22.7 Å². The summed E-state index contributed by atoms with van der Waals surface area (Å²) in [7, 11) is 0. The molecular formula is C11H9BrF2S. The number of rotatable bonds is 1. The summed E-state index contributed by atoms with van der Waals surface area (Å²) >= 11 is 4.54. The predicted octanol–water partition coefficient (Wildman–Crippen LogP) is 5.08. The summed E-state index contributed by atoms with van der Waals surface area (Å²) in [4.78, 5) is 0.157. The van der Waals surface area contributed by atoms with Crippen molar-refractivity contribution in [3.63, 3.8) is 0 Å². The fourth-order valence-electron chi connectivity index (χ4n) is 1.63. The highest BCUT2D eigenvalue weighted by Crippen LogP contribution is 2.42. The molecule has 0 N–H and O–H groups in total. The molecule has 0 aliphatic carbocycles. The number of alkyl halides is 2. The van der Waals surface area contributed by atoms with Crippen LogP contribution in [0.1, 0.15) is 17.4 Å². The van der Waals surface area contributed by atoms with Crippen LogP contribution in [-0.2, 0) is 5.92 Å². The zero-order valence-corrected chi connectivity index (χ0v) is 10.7. The number of fused-ring (bicyclic) bond motifs is 1. The molecule has 4 heteroatoms. The highest BCUT2D eigenvalue weighted by atomic mass is 79.9. The molecule has 1 heterocycles. The molecule has 0 saturated heterocycles. The van der Waals surface area contributed by atoms with Crippen molar-refractivity contribution >= 4 is 37.4 Å². The van der Waals surface area contributed by atoms with E-state index < -0.39 is 5.92 Å². The normalized spacial score (nSPS) is 12.3. The van der Waals surface area contributed by atoms with Crippen molar-refractivity contribution in [2.75, 3.05) is 0 Å². The molecule has 0 aliphatic heterocycles. The van der Waals surface area contributed by atoms with E-state index in [-0.39, 0.29) is 4.88 Å². The summed E-state index contributed by atoms with van der Waals surface area (Å²) in [5.74, 6) is -2.76. The van der Waals surface area contributed by atoms with Gasteiger partial charge in [0.05, 0.1) is 4.88 Å². The summed E-state index contributed by atoms with van der Waals surface area (Å²) in [6.07, 6.45) is 0. The van der Waals surface area contributed by atoms with E-state index in [0.29, 0.717) is 5.56 Å². The number of aryl methyl sites for hydroxylation is 1. The highest BCUT2D eigenvalue weighted by Gasteiger charge is 2.29. The van der Waals surface area contributed by atoms with Gasteiger partial charge in [0.2, 0.25) is 0 Å². The summed E-state index contributed by atoms with van der Waals surface area (Å²) in [5.41, 5.74) is 0.684.